The van der Waals surface area contributed by atoms with E-state index in [1.807, 2.05) is 31.2 Å². The monoisotopic (exact) mass is 452 g/mol. The van der Waals surface area contributed by atoms with E-state index in [-0.39, 0.29) is 5.56 Å². The Kier molecular flexibility index (Phi) is 5.07. The summed E-state index contributed by atoms with van der Waals surface area (Å²) in [5, 5.41) is 0. The van der Waals surface area contributed by atoms with E-state index in [1.165, 1.54) is 22.9 Å². The lowest BCUT2D eigenvalue weighted by atomic mass is 9.92. The van der Waals surface area contributed by atoms with Crippen molar-refractivity contribution in [3.63, 3.8) is 0 Å². The van der Waals surface area contributed by atoms with Crippen molar-refractivity contribution in [2.45, 2.75) is 33.1 Å². The lowest BCUT2D eigenvalue weighted by Gasteiger charge is -2.45. The first-order valence-electron chi connectivity index (χ1n) is 10.8. The lowest BCUT2D eigenvalue weighted by Crippen LogP contribution is -2.46. The predicted octanol–water partition coefficient (Wildman–Crippen LogP) is 5.99. The number of carbonyl (C=O) groups excluding carboxylic acids is 1. The van der Waals surface area contributed by atoms with Gasteiger partial charge in [0, 0.05) is 24.5 Å². The highest BCUT2D eigenvalue weighted by molar-refractivity contribution is 5.98. The summed E-state index contributed by atoms with van der Waals surface area (Å²) in [5.74, 6) is -0.975. The highest BCUT2D eigenvalue weighted by Crippen LogP contribution is 2.40. The van der Waals surface area contributed by atoms with Crippen LogP contribution in [0.5, 0.6) is 0 Å². The number of nitrogens with zero attached hydrogens (tertiary/aromatic N) is 2. The van der Waals surface area contributed by atoms with Gasteiger partial charge in [0.1, 0.15) is 0 Å². The van der Waals surface area contributed by atoms with Crippen molar-refractivity contribution in [3.05, 3.63) is 82.4 Å². The van der Waals surface area contributed by atoms with Gasteiger partial charge < -0.3 is 14.5 Å². The summed E-state index contributed by atoms with van der Waals surface area (Å²) in [6, 6.07) is 17.5. The Morgan fingerprint density at radius 1 is 0.939 bits per heavy atom. The standard InChI is InChI=1S/C26H23F3N2O2/c1-16-6-8-22-19(10-16)12-30-15-31(22)13-20-11-18(7-9-23(20)30)24-17(2)4-3-5-21(24)25(32)33-14-26(27,28)29/h3-11H,12-15H2,1-2H3. The van der Waals surface area contributed by atoms with Crippen LogP contribution in [0.2, 0.25) is 0 Å². The minimum atomic E-state index is -4.57. The van der Waals surface area contributed by atoms with E-state index < -0.39 is 18.8 Å². The highest BCUT2D eigenvalue weighted by Gasteiger charge is 2.32. The van der Waals surface area contributed by atoms with Gasteiger partial charge in [0.15, 0.2) is 6.61 Å². The molecule has 0 amide bonds. The fourth-order valence-electron chi connectivity index (χ4n) is 4.81. The molecule has 2 heterocycles. The van der Waals surface area contributed by atoms with Gasteiger partial charge in [0.05, 0.1) is 12.2 Å². The molecule has 4 nitrogen and oxygen atoms in total. The number of rotatable bonds is 3. The number of alkyl halides is 3. The lowest BCUT2D eigenvalue weighted by molar-refractivity contribution is -0.161. The maximum Gasteiger partial charge on any atom is 0.422 e. The van der Waals surface area contributed by atoms with Crippen LogP contribution >= 0.6 is 0 Å². The van der Waals surface area contributed by atoms with E-state index in [1.54, 1.807) is 6.07 Å². The summed E-state index contributed by atoms with van der Waals surface area (Å²) in [4.78, 5) is 17.2. The normalized spacial score (nSPS) is 14.6. The molecule has 0 spiro atoms. The van der Waals surface area contributed by atoms with Crippen LogP contribution in [0, 0.1) is 13.8 Å². The first kappa shape index (κ1) is 21.4. The second kappa shape index (κ2) is 7.83. The molecule has 0 atom stereocenters. The van der Waals surface area contributed by atoms with Crippen LogP contribution in [0.4, 0.5) is 24.5 Å². The molecule has 3 aromatic carbocycles. The minimum Gasteiger partial charge on any atom is -0.452 e. The number of hydrogen-bond donors (Lipinski definition) is 0. The second-order valence-corrected chi connectivity index (χ2v) is 8.70. The van der Waals surface area contributed by atoms with Gasteiger partial charge in [-0.1, -0.05) is 35.9 Å². The molecule has 0 fully saturated rings. The molecule has 0 N–H and O–H groups in total. The Bertz CT molecular complexity index is 1250. The summed E-state index contributed by atoms with van der Waals surface area (Å²) >= 11 is 0. The third kappa shape index (κ3) is 4.03. The largest absolute Gasteiger partial charge is 0.452 e. The Morgan fingerprint density at radius 2 is 1.61 bits per heavy atom. The molecule has 0 saturated carbocycles. The molecule has 2 aliphatic rings. The minimum absolute atomic E-state index is 0.136. The number of carbonyl (C=O) groups is 1. The molecule has 0 radical (unpaired) electrons. The van der Waals surface area contributed by atoms with Crippen molar-refractivity contribution in [3.8, 4) is 11.1 Å². The first-order valence-corrected chi connectivity index (χ1v) is 10.8. The molecule has 2 aliphatic heterocycles. The Morgan fingerprint density at radius 3 is 2.30 bits per heavy atom. The van der Waals surface area contributed by atoms with Crippen molar-refractivity contribution in [1.29, 1.82) is 0 Å². The van der Waals surface area contributed by atoms with Gasteiger partial charge in [0.2, 0.25) is 0 Å². The van der Waals surface area contributed by atoms with Gasteiger partial charge in [-0.25, -0.2) is 4.79 Å². The molecule has 0 aromatic heterocycles. The Labute approximate surface area is 190 Å². The number of ether oxygens (including phenoxy) is 1. The van der Waals surface area contributed by atoms with Crippen LogP contribution in [-0.4, -0.2) is 25.4 Å². The number of esters is 1. The van der Waals surface area contributed by atoms with Gasteiger partial charge in [-0.2, -0.15) is 13.2 Å². The summed E-state index contributed by atoms with van der Waals surface area (Å²) in [5.41, 5.74) is 8.33. The average Bonchev–Trinajstić information content (AvgIpc) is 2.76. The van der Waals surface area contributed by atoms with E-state index in [0.29, 0.717) is 5.56 Å². The Hall–Kier alpha value is -3.48. The maximum atomic E-state index is 12.6. The number of hydrogen-bond acceptors (Lipinski definition) is 4. The maximum absolute atomic E-state index is 12.6. The van der Waals surface area contributed by atoms with Crippen LogP contribution in [-0.2, 0) is 17.8 Å². The summed E-state index contributed by atoms with van der Waals surface area (Å²) in [6.07, 6.45) is -4.57. The topological polar surface area (TPSA) is 32.8 Å². The van der Waals surface area contributed by atoms with Crippen molar-refractivity contribution in [2.75, 3.05) is 23.1 Å². The van der Waals surface area contributed by atoms with Crippen molar-refractivity contribution < 1.29 is 22.7 Å². The van der Waals surface area contributed by atoms with Crippen LogP contribution in [0.15, 0.2) is 54.6 Å². The van der Waals surface area contributed by atoms with Crippen LogP contribution in [0.1, 0.15) is 32.6 Å². The Balaban J connectivity index is 1.50. The summed E-state index contributed by atoms with van der Waals surface area (Å²) < 4.78 is 42.3. The van der Waals surface area contributed by atoms with Gasteiger partial charge in [-0.3, -0.25) is 0 Å². The smallest absolute Gasteiger partial charge is 0.422 e. The molecule has 5 rings (SSSR count). The number of halogens is 3. The van der Waals surface area contributed by atoms with Crippen molar-refractivity contribution in [2.24, 2.45) is 0 Å². The van der Waals surface area contributed by atoms with Gasteiger partial charge in [-0.15, -0.1) is 0 Å². The van der Waals surface area contributed by atoms with E-state index in [2.05, 4.69) is 39.7 Å². The highest BCUT2D eigenvalue weighted by atomic mass is 19.4. The van der Waals surface area contributed by atoms with Crippen molar-refractivity contribution >= 4 is 17.3 Å². The number of benzene rings is 3. The van der Waals surface area contributed by atoms with E-state index in [9.17, 15) is 18.0 Å². The first-order chi connectivity index (χ1) is 15.7. The van der Waals surface area contributed by atoms with Crippen LogP contribution in [0.25, 0.3) is 11.1 Å². The zero-order valence-corrected chi connectivity index (χ0v) is 18.4. The van der Waals surface area contributed by atoms with Crippen molar-refractivity contribution in [1.82, 2.24) is 0 Å². The summed E-state index contributed by atoms with van der Waals surface area (Å²) in [6.45, 7) is 4.67. The van der Waals surface area contributed by atoms with E-state index in [0.717, 1.165) is 42.1 Å². The van der Waals surface area contributed by atoms with Gasteiger partial charge in [-0.05, 0) is 65.9 Å². The number of fused-ring (bicyclic) bond motifs is 6. The van der Waals surface area contributed by atoms with Gasteiger partial charge in [0.25, 0.3) is 0 Å². The zero-order valence-electron chi connectivity index (χ0n) is 18.4. The fraction of sp³-hybridized carbons (Fsp3) is 0.269. The molecule has 0 aliphatic carbocycles. The van der Waals surface area contributed by atoms with Crippen LogP contribution < -0.4 is 9.80 Å². The fourth-order valence-corrected chi connectivity index (χ4v) is 4.81. The second-order valence-electron chi connectivity index (χ2n) is 8.70. The number of anilines is 2. The quantitative estimate of drug-likeness (QED) is 0.457. The average molecular weight is 452 g/mol. The number of aryl methyl sites for hydroxylation is 2. The van der Waals surface area contributed by atoms with Gasteiger partial charge >= 0.3 is 12.1 Å². The molecular formula is C26H23F3N2O2. The molecule has 0 saturated heterocycles. The molecular weight excluding hydrogens is 429 g/mol. The molecule has 3 aromatic rings. The molecule has 0 unspecified atom stereocenters. The third-order valence-electron chi connectivity index (χ3n) is 6.21. The molecule has 170 valence electrons. The van der Waals surface area contributed by atoms with E-state index in [4.69, 9.17) is 0 Å². The third-order valence-corrected chi connectivity index (χ3v) is 6.21. The molecule has 33 heavy (non-hydrogen) atoms. The molecule has 2 bridgehead atoms. The summed E-state index contributed by atoms with van der Waals surface area (Å²) in [7, 11) is 0. The molecule has 7 heteroatoms. The SMILES string of the molecule is Cc1ccc2c(c1)CN1CN2Cc2cc(-c3c(C)cccc3C(=O)OCC(F)(F)F)ccc21. The van der Waals surface area contributed by atoms with Crippen LogP contribution in [0.3, 0.4) is 0 Å². The zero-order chi connectivity index (χ0) is 23.3. The van der Waals surface area contributed by atoms with E-state index >= 15 is 0 Å². The predicted molar refractivity (Wildman–Crippen MR) is 121 cm³/mol.